The highest BCUT2D eigenvalue weighted by Crippen LogP contribution is 2.23. The Bertz CT molecular complexity index is 1140. The molecule has 1 aliphatic heterocycles. The molecule has 0 spiro atoms. The predicted molar refractivity (Wildman–Crippen MR) is 143 cm³/mol. The fourth-order valence-electron chi connectivity index (χ4n) is 4.74. The van der Waals surface area contributed by atoms with E-state index in [4.69, 9.17) is 4.74 Å². The fraction of sp³-hybridized carbons (Fsp3) is 0.571. The summed E-state index contributed by atoms with van der Waals surface area (Å²) in [5.41, 5.74) is 1.12. The Balaban J connectivity index is 1.68. The Morgan fingerprint density at radius 3 is 2.34 bits per heavy atom. The van der Waals surface area contributed by atoms with Crippen LogP contribution < -0.4 is 10.6 Å². The summed E-state index contributed by atoms with van der Waals surface area (Å²) in [7, 11) is 0. The molecular weight excluding hydrogens is 488 g/mol. The van der Waals surface area contributed by atoms with E-state index in [1.165, 1.54) is 0 Å². The molecule has 0 bridgehead atoms. The number of carbonyl (C=O) groups excluding carboxylic acids is 3. The number of fused-ring (bicyclic) bond motifs is 1. The van der Waals surface area contributed by atoms with Gasteiger partial charge in [0, 0.05) is 42.5 Å². The smallest absolute Gasteiger partial charge is 0.408 e. The van der Waals surface area contributed by atoms with Crippen LogP contribution in [0.2, 0.25) is 0 Å². The maximum absolute atomic E-state index is 13.6. The van der Waals surface area contributed by atoms with Gasteiger partial charge in [-0.1, -0.05) is 32.0 Å². The summed E-state index contributed by atoms with van der Waals surface area (Å²) >= 11 is 0. The van der Waals surface area contributed by atoms with Crippen molar-refractivity contribution < 1.29 is 29.0 Å². The number of alkyl carbamates (subject to hydrolysis) is 1. The van der Waals surface area contributed by atoms with Crippen LogP contribution in [0, 0.1) is 11.8 Å². The molecule has 1 fully saturated rings. The summed E-state index contributed by atoms with van der Waals surface area (Å²) in [6.07, 6.45) is 2.63. The molecule has 0 radical (unpaired) electrons. The third-order valence-corrected chi connectivity index (χ3v) is 6.59. The van der Waals surface area contributed by atoms with Gasteiger partial charge in [-0.05, 0) is 57.6 Å². The lowest BCUT2D eigenvalue weighted by Gasteiger charge is -2.34. The molecule has 38 heavy (non-hydrogen) atoms. The molecule has 1 aromatic heterocycles. The first kappa shape index (κ1) is 29.0. The number of para-hydroxylation sites is 1. The number of amides is 3. The molecule has 4 N–H and O–H groups in total. The van der Waals surface area contributed by atoms with Gasteiger partial charge >= 0.3 is 12.1 Å². The van der Waals surface area contributed by atoms with Gasteiger partial charge < -0.3 is 30.4 Å². The molecule has 0 saturated carbocycles. The van der Waals surface area contributed by atoms with Crippen LogP contribution in [-0.4, -0.2) is 69.6 Å². The molecule has 1 aromatic carbocycles. The highest BCUT2D eigenvalue weighted by Gasteiger charge is 2.34. The van der Waals surface area contributed by atoms with E-state index in [0.717, 1.165) is 16.5 Å². The fourth-order valence-corrected chi connectivity index (χ4v) is 4.74. The normalized spacial score (nSPS) is 16.2. The largest absolute Gasteiger partial charge is 0.480 e. The average molecular weight is 529 g/mol. The van der Waals surface area contributed by atoms with Crippen molar-refractivity contribution in [3.63, 3.8) is 0 Å². The standard InChI is InChI=1S/C28H40N4O6/c1-17(2)14-23(26(35)36)30-24(33)18-10-12-32(13-11-18)25(34)22(31-27(37)38-28(3,4)5)15-19-16-29-21-9-7-6-8-20(19)21/h6-9,16-18,22-23,29H,10-15H2,1-5H3,(H,30,33)(H,31,37)(H,35,36)/t22-,23-/m0/s1. The number of rotatable bonds is 9. The van der Waals surface area contributed by atoms with Crippen molar-refractivity contribution in [2.75, 3.05) is 13.1 Å². The lowest BCUT2D eigenvalue weighted by molar-refractivity contribution is -0.143. The van der Waals surface area contributed by atoms with Crippen LogP contribution in [0.1, 0.15) is 59.4 Å². The van der Waals surface area contributed by atoms with E-state index in [1.54, 1.807) is 25.7 Å². The maximum Gasteiger partial charge on any atom is 0.408 e. The maximum atomic E-state index is 13.6. The van der Waals surface area contributed by atoms with Gasteiger partial charge in [0.15, 0.2) is 0 Å². The van der Waals surface area contributed by atoms with Crippen molar-refractivity contribution in [2.24, 2.45) is 11.8 Å². The average Bonchev–Trinajstić information content (AvgIpc) is 3.24. The summed E-state index contributed by atoms with van der Waals surface area (Å²) in [5.74, 6) is -1.84. The first-order valence-electron chi connectivity index (χ1n) is 13.2. The Morgan fingerprint density at radius 1 is 1.08 bits per heavy atom. The third-order valence-electron chi connectivity index (χ3n) is 6.59. The van der Waals surface area contributed by atoms with Crippen molar-refractivity contribution >= 4 is 34.8 Å². The van der Waals surface area contributed by atoms with E-state index in [2.05, 4.69) is 15.6 Å². The van der Waals surface area contributed by atoms with Gasteiger partial charge in [-0.15, -0.1) is 0 Å². The summed E-state index contributed by atoms with van der Waals surface area (Å²) < 4.78 is 5.42. The molecular formula is C28H40N4O6. The molecule has 0 unspecified atom stereocenters. The summed E-state index contributed by atoms with van der Waals surface area (Å²) in [4.78, 5) is 55.4. The molecule has 0 aliphatic carbocycles. The van der Waals surface area contributed by atoms with Crippen molar-refractivity contribution in [3.05, 3.63) is 36.0 Å². The van der Waals surface area contributed by atoms with Crippen LogP contribution in [0.25, 0.3) is 10.9 Å². The number of ether oxygens (including phenoxy) is 1. The first-order chi connectivity index (χ1) is 17.8. The first-order valence-corrected chi connectivity index (χ1v) is 13.2. The van der Waals surface area contributed by atoms with E-state index < -0.39 is 29.7 Å². The van der Waals surface area contributed by atoms with Gasteiger partial charge in [0.2, 0.25) is 11.8 Å². The second-order valence-electron chi connectivity index (χ2n) is 11.4. The molecule has 3 rings (SSSR count). The van der Waals surface area contributed by atoms with Gasteiger partial charge in [-0.2, -0.15) is 0 Å². The number of hydrogen-bond donors (Lipinski definition) is 4. The minimum atomic E-state index is -1.05. The number of aromatic amines is 1. The molecule has 208 valence electrons. The van der Waals surface area contributed by atoms with Crippen LogP contribution in [-0.2, 0) is 25.5 Å². The molecule has 10 nitrogen and oxygen atoms in total. The van der Waals surface area contributed by atoms with E-state index >= 15 is 0 Å². The number of carboxylic acids is 1. The van der Waals surface area contributed by atoms with Crippen LogP contribution in [0.3, 0.4) is 0 Å². The van der Waals surface area contributed by atoms with Gasteiger partial charge in [0.1, 0.15) is 17.7 Å². The lowest BCUT2D eigenvalue weighted by atomic mass is 9.94. The Morgan fingerprint density at radius 2 is 1.74 bits per heavy atom. The van der Waals surface area contributed by atoms with Crippen molar-refractivity contribution in [2.45, 2.75) is 78.0 Å². The van der Waals surface area contributed by atoms with E-state index in [-0.39, 0.29) is 30.1 Å². The van der Waals surface area contributed by atoms with Crippen LogP contribution in [0.15, 0.2) is 30.5 Å². The zero-order valence-electron chi connectivity index (χ0n) is 22.9. The Hall–Kier alpha value is -3.56. The number of aliphatic carboxylic acids is 1. The number of likely N-dealkylation sites (tertiary alicyclic amines) is 1. The number of aromatic nitrogens is 1. The zero-order valence-corrected chi connectivity index (χ0v) is 22.9. The third kappa shape index (κ3) is 7.97. The zero-order chi connectivity index (χ0) is 28.0. The van der Waals surface area contributed by atoms with Crippen molar-refractivity contribution in [1.82, 2.24) is 20.5 Å². The monoisotopic (exact) mass is 528 g/mol. The van der Waals surface area contributed by atoms with Crippen molar-refractivity contribution in [3.8, 4) is 0 Å². The number of carboxylic acid groups (broad SMARTS) is 1. The molecule has 3 amide bonds. The van der Waals surface area contributed by atoms with Crippen LogP contribution >= 0.6 is 0 Å². The molecule has 2 atom stereocenters. The topological polar surface area (TPSA) is 141 Å². The molecule has 2 heterocycles. The highest BCUT2D eigenvalue weighted by molar-refractivity contribution is 5.89. The predicted octanol–water partition coefficient (Wildman–Crippen LogP) is 3.46. The van der Waals surface area contributed by atoms with E-state index in [1.807, 2.05) is 44.3 Å². The number of hydrogen-bond acceptors (Lipinski definition) is 5. The second-order valence-corrected chi connectivity index (χ2v) is 11.4. The van der Waals surface area contributed by atoms with E-state index in [9.17, 15) is 24.3 Å². The summed E-state index contributed by atoms with van der Waals surface area (Å²) in [6, 6.07) is 5.97. The quantitative estimate of drug-likeness (QED) is 0.393. The number of piperidine rings is 1. The minimum Gasteiger partial charge on any atom is -0.480 e. The summed E-state index contributed by atoms with van der Waals surface area (Å²) in [6.45, 7) is 9.76. The van der Waals surface area contributed by atoms with Gasteiger partial charge in [-0.3, -0.25) is 9.59 Å². The summed E-state index contributed by atoms with van der Waals surface area (Å²) in [5, 5.41) is 15.8. The number of nitrogens with one attached hydrogen (secondary N) is 3. The lowest BCUT2D eigenvalue weighted by Crippen LogP contribution is -2.53. The van der Waals surface area contributed by atoms with Crippen LogP contribution in [0.4, 0.5) is 4.79 Å². The number of H-pyrrole nitrogens is 1. The minimum absolute atomic E-state index is 0.127. The number of benzene rings is 1. The van der Waals surface area contributed by atoms with Gasteiger partial charge in [-0.25, -0.2) is 9.59 Å². The molecule has 2 aromatic rings. The second kappa shape index (κ2) is 12.3. The molecule has 1 aliphatic rings. The Labute approximate surface area is 223 Å². The van der Waals surface area contributed by atoms with E-state index in [0.29, 0.717) is 32.4 Å². The number of carbonyl (C=O) groups is 4. The molecule has 1 saturated heterocycles. The number of nitrogens with zero attached hydrogens (tertiary/aromatic N) is 1. The van der Waals surface area contributed by atoms with Crippen LogP contribution in [0.5, 0.6) is 0 Å². The van der Waals surface area contributed by atoms with Crippen molar-refractivity contribution in [1.29, 1.82) is 0 Å². The van der Waals surface area contributed by atoms with Gasteiger partial charge in [0.05, 0.1) is 0 Å². The SMILES string of the molecule is CC(C)C[C@H](NC(=O)C1CCN(C(=O)[C@H](Cc2c[nH]c3ccccc23)NC(=O)OC(C)(C)C)CC1)C(=O)O. The Kier molecular flexibility index (Phi) is 9.40. The molecule has 10 heteroatoms. The van der Waals surface area contributed by atoms with Gasteiger partial charge in [0.25, 0.3) is 0 Å². The highest BCUT2D eigenvalue weighted by atomic mass is 16.6.